The number of rotatable bonds is 8. The van der Waals surface area contributed by atoms with E-state index in [0.717, 1.165) is 33.4 Å². The molecule has 1 fully saturated rings. The molecule has 0 bridgehead atoms. The molecule has 2 atom stereocenters. The molecule has 5 nitrogen and oxygen atoms in total. The monoisotopic (exact) mass is 1030 g/mol. The van der Waals surface area contributed by atoms with E-state index in [1.54, 1.807) is 0 Å². The Hall–Kier alpha value is -4.99. The number of hydrogen-bond acceptors (Lipinski definition) is 4. The Morgan fingerprint density at radius 3 is 2.20 bits per heavy atom. The quantitative estimate of drug-likeness (QED) is 0.143. The molecule has 10 rings (SSSR count). The smallest absolute Gasteiger partial charge is 0.510 e. The van der Waals surface area contributed by atoms with Crippen LogP contribution in [0.5, 0.6) is 11.5 Å². The zero-order chi connectivity index (χ0) is 43.9. The van der Waals surface area contributed by atoms with Crippen LogP contribution in [0.2, 0.25) is 0 Å². The molecule has 1 aliphatic carbocycles. The van der Waals surface area contributed by atoms with Gasteiger partial charge in [0.1, 0.15) is 17.8 Å². The molecule has 6 heteroatoms. The number of hydrogen-bond donors (Lipinski definition) is 0. The minimum Gasteiger partial charge on any atom is -0.510 e. The maximum absolute atomic E-state index is 7.13. The van der Waals surface area contributed by atoms with Crippen LogP contribution in [0.15, 0.2) is 102 Å². The van der Waals surface area contributed by atoms with Crippen LogP contribution >= 0.6 is 0 Å². The first kappa shape index (κ1) is 44.2. The standard InChI is InChI=1S/C58H61N3O2.Pt/c1-34(2)43-23-17-24-44(35(3)4)51(43)39-28-40(56-60-52(37-19-13-11-14-20-37)54(63-56)38-21-15-12-16-22-38)30-42(29-39)62-50-33-49-45(27-36(50)5)46-31-41(57(6,7)8)32-48-53(46)61(49)55-47(58(48,9)10)25-18-26-59-55;/h12,15-18,21-29,31-32,34-35,37,52,54H,11,13-14,19-20H2,1-10H3;/q-2;+2/t52-,54-;/m1./s1. The Labute approximate surface area is 395 Å². The van der Waals surface area contributed by atoms with Gasteiger partial charge in [0.05, 0.1) is 6.04 Å². The maximum atomic E-state index is 7.13. The Bertz CT molecular complexity index is 2900. The molecule has 2 aliphatic heterocycles. The minimum absolute atomic E-state index is 0. The van der Waals surface area contributed by atoms with E-state index in [1.165, 1.54) is 82.0 Å². The molecule has 0 saturated heterocycles. The molecule has 0 unspecified atom stereocenters. The number of nitrogens with zero attached hydrogens (tertiary/aromatic N) is 3. The molecule has 0 N–H and O–H groups in total. The van der Waals surface area contributed by atoms with Crippen molar-refractivity contribution in [2.75, 3.05) is 0 Å². The van der Waals surface area contributed by atoms with Gasteiger partial charge in [-0.05, 0) is 80.8 Å². The topological polar surface area (TPSA) is 48.6 Å². The molecule has 3 aliphatic rings. The molecule has 1 saturated carbocycles. The van der Waals surface area contributed by atoms with Crippen molar-refractivity contribution in [1.82, 2.24) is 9.55 Å². The Kier molecular flexibility index (Phi) is 11.6. The van der Waals surface area contributed by atoms with Crippen molar-refractivity contribution in [3.63, 3.8) is 0 Å². The SMILES string of the molecule is Cc1cc2c3cc(C(C)(C)C)cc4c3n(c2[c-]c1Oc1[c-]c(C2=N[C@H](C3CCCCC3)[C@@H](c3ccccc3)O2)cc(-c2c(C(C)C)cccc2C(C)C)c1)-c1ncccc1C4(C)C.[Pt+2]. The third-order valence-corrected chi connectivity index (χ3v) is 14.3. The zero-order valence-corrected chi connectivity index (χ0v) is 41.4. The van der Waals surface area contributed by atoms with E-state index in [2.05, 4.69) is 177 Å². The van der Waals surface area contributed by atoms with Crippen molar-refractivity contribution < 1.29 is 30.5 Å². The summed E-state index contributed by atoms with van der Waals surface area (Å²) in [6.45, 7) is 22.8. The van der Waals surface area contributed by atoms with Gasteiger partial charge in [-0.1, -0.05) is 184 Å². The number of aliphatic imine (C=N–C) groups is 1. The van der Waals surface area contributed by atoms with Crippen molar-refractivity contribution in [1.29, 1.82) is 0 Å². The molecule has 330 valence electrons. The second-order valence-electron chi connectivity index (χ2n) is 20.7. The molecule has 4 heterocycles. The number of pyridine rings is 1. The predicted octanol–water partition coefficient (Wildman–Crippen LogP) is 15.2. The summed E-state index contributed by atoms with van der Waals surface area (Å²) < 4.78 is 16.5. The van der Waals surface area contributed by atoms with E-state index in [0.29, 0.717) is 35.2 Å². The Balaban J connectivity index is 0.00000518. The summed E-state index contributed by atoms with van der Waals surface area (Å²) in [7, 11) is 0. The van der Waals surface area contributed by atoms with Crippen LogP contribution in [0.3, 0.4) is 0 Å². The number of aryl methyl sites for hydroxylation is 1. The first-order valence-corrected chi connectivity index (χ1v) is 23.4. The zero-order valence-electron chi connectivity index (χ0n) is 39.1. The average molecular weight is 1030 g/mol. The van der Waals surface area contributed by atoms with Crippen molar-refractivity contribution >= 4 is 27.7 Å². The first-order valence-electron chi connectivity index (χ1n) is 23.4. The molecule has 64 heavy (non-hydrogen) atoms. The van der Waals surface area contributed by atoms with Gasteiger partial charge in [0, 0.05) is 34.2 Å². The van der Waals surface area contributed by atoms with Gasteiger partial charge in [-0.3, -0.25) is 4.99 Å². The van der Waals surface area contributed by atoms with Crippen LogP contribution in [0.1, 0.15) is 157 Å². The second kappa shape index (κ2) is 16.8. The van der Waals surface area contributed by atoms with Crippen LogP contribution in [0.25, 0.3) is 38.8 Å². The molecule has 5 aromatic carbocycles. The Morgan fingerprint density at radius 2 is 1.52 bits per heavy atom. The number of benzene rings is 5. The van der Waals surface area contributed by atoms with E-state index in [4.69, 9.17) is 19.5 Å². The van der Waals surface area contributed by atoms with Crippen LogP contribution in [-0.4, -0.2) is 21.5 Å². The number of ether oxygens (including phenoxy) is 2. The van der Waals surface area contributed by atoms with Gasteiger partial charge in [0.25, 0.3) is 0 Å². The third kappa shape index (κ3) is 7.54. The van der Waals surface area contributed by atoms with Gasteiger partial charge in [0.2, 0.25) is 0 Å². The molecule has 0 amide bonds. The molecule has 7 aromatic rings. The fourth-order valence-electron chi connectivity index (χ4n) is 10.8. The van der Waals surface area contributed by atoms with Crippen molar-refractivity contribution in [2.45, 2.75) is 136 Å². The molecule has 2 aromatic heterocycles. The minimum atomic E-state index is -0.241. The van der Waals surface area contributed by atoms with Gasteiger partial charge in [-0.2, -0.15) is 6.07 Å². The number of fused-ring (bicyclic) bond motifs is 5. The van der Waals surface area contributed by atoms with E-state index in [1.807, 2.05) is 6.20 Å². The molecule has 0 radical (unpaired) electrons. The second-order valence-corrected chi connectivity index (χ2v) is 20.7. The van der Waals surface area contributed by atoms with Crippen molar-refractivity contribution in [2.24, 2.45) is 10.9 Å². The summed E-state index contributed by atoms with van der Waals surface area (Å²) in [4.78, 5) is 10.6. The van der Waals surface area contributed by atoms with Crippen molar-refractivity contribution in [3.8, 4) is 28.4 Å². The predicted molar refractivity (Wildman–Crippen MR) is 259 cm³/mol. The van der Waals surface area contributed by atoms with Crippen LogP contribution < -0.4 is 4.74 Å². The Morgan fingerprint density at radius 1 is 0.797 bits per heavy atom. The molecular formula is C58H61N3O2Pt. The third-order valence-electron chi connectivity index (χ3n) is 14.3. The summed E-state index contributed by atoms with van der Waals surface area (Å²) in [5.74, 6) is 3.98. The number of aromatic nitrogens is 2. The summed E-state index contributed by atoms with van der Waals surface area (Å²) in [6, 6.07) is 40.9. The van der Waals surface area contributed by atoms with Gasteiger partial charge >= 0.3 is 21.1 Å². The van der Waals surface area contributed by atoms with Gasteiger partial charge < -0.3 is 14.0 Å². The van der Waals surface area contributed by atoms with E-state index < -0.39 is 0 Å². The van der Waals surface area contributed by atoms with Crippen molar-refractivity contribution in [3.05, 3.63) is 154 Å². The van der Waals surface area contributed by atoms with Crippen LogP contribution in [-0.2, 0) is 36.6 Å². The molecule has 0 spiro atoms. The summed E-state index contributed by atoms with van der Waals surface area (Å²) in [5.41, 5.74) is 13.7. The summed E-state index contributed by atoms with van der Waals surface area (Å²) >= 11 is 0. The van der Waals surface area contributed by atoms with Crippen LogP contribution in [0, 0.1) is 25.0 Å². The summed E-state index contributed by atoms with van der Waals surface area (Å²) in [5, 5.41) is 2.37. The fraction of sp³-hybridized carbons (Fsp3) is 0.379. The van der Waals surface area contributed by atoms with Gasteiger partial charge in [-0.25, -0.2) is 4.98 Å². The first-order chi connectivity index (χ1) is 30.2. The normalized spacial score (nSPS) is 18.3. The fourth-order valence-corrected chi connectivity index (χ4v) is 10.8. The maximum Gasteiger partial charge on any atom is 2.00 e. The van der Waals surface area contributed by atoms with E-state index in [9.17, 15) is 0 Å². The van der Waals surface area contributed by atoms with Gasteiger partial charge in [0.15, 0.2) is 0 Å². The molecular weight excluding hydrogens is 966 g/mol. The van der Waals surface area contributed by atoms with E-state index >= 15 is 0 Å². The largest absolute Gasteiger partial charge is 2.00 e. The average Bonchev–Trinajstić information content (AvgIpc) is 3.86. The summed E-state index contributed by atoms with van der Waals surface area (Å²) in [6.07, 6.45) is 7.90. The van der Waals surface area contributed by atoms with Gasteiger partial charge in [-0.15, -0.1) is 23.1 Å². The van der Waals surface area contributed by atoms with Crippen LogP contribution in [0.4, 0.5) is 0 Å². The van der Waals surface area contributed by atoms with E-state index in [-0.39, 0.29) is 44.0 Å².